The molecule has 16 heavy (non-hydrogen) atoms. The quantitative estimate of drug-likeness (QED) is 0.287. The third-order valence-corrected chi connectivity index (χ3v) is 3.04. The van der Waals surface area contributed by atoms with Crippen molar-refractivity contribution in [1.29, 1.82) is 0 Å². The molecule has 0 aliphatic carbocycles. The molecule has 0 aromatic carbocycles. The second kappa shape index (κ2) is 7.22. The van der Waals surface area contributed by atoms with Gasteiger partial charge in [-0.1, -0.05) is 0 Å². The summed E-state index contributed by atoms with van der Waals surface area (Å²) in [5, 5.41) is 13.3. The van der Waals surface area contributed by atoms with Crippen molar-refractivity contribution in [3.63, 3.8) is 0 Å². The highest BCUT2D eigenvalue weighted by Gasteiger charge is 2.20. The first-order valence-electron chi connectivity index (χ1n) is 5.72. The smallest absolute Gasteiger partial charge is 0.352 e. The molecule has 0 radical (unpaired) electrons. The molecular weight excluding hydrogens is 208 g/mol. The van der Waals surface area contributed by atoms with E-state index in [2.05, 4.69) is 26.1 Å². The van der Waals surface area contributed by atoms with E-state index in [4.69, 9.17) is 4.74 Å². The van der Waals surface area contributed by atoms with Gasteiger partial charge in [0, 0.05) is 6.42 Å². The Morgan fingerprint density at radius 2 is 1.88 bits per heavy atom. The molecule has 0 aliphatic heterocycles. The van der Waals surface area contributed by atoms with Gasteiger partial charge >= 0.3 is 5.97 Å². The topological polar surface area (TPSA) is 61.7 Å². The molecule has 0 N–H and O–H groups in total. The van der Waals surface area contributed by atoms with E-state index in [-0.39, 0.29) is 12.3 Å². The van der Waals surface area contributed by atoms with Gasteiger partial charge in [0.1, 0.15) is 5.71 Å². The fraction of sp³-hybridized carbons (Fsp3) is 0.818. The zero-order chi connectivity index (χ0) is 12.6. The second-order valence-corrected chi connectivity index (χ2v) is 3.98. The largest absolute Gasteiger partial charge is 0.792 e. The van der Waals surface area contributed by atoms with Crippen molar-refractivity contribution in [2.24, 2.45) is 5.16 Å². The highest BCUT2D eigenvalue weighted by atomic mass is 16.5. The summed E-state index contributed by atoms with van der Waals surface area (Å²) in [6.07, 6.45) is 0.376. The van der Waals surface area contributed by atoms with E-state index < -0.39 is 5.97 Å². The van der Waals surface area contributed by atoms with E-state index >= 15 is 0 Å². The van der Waals surface area contributed by atoms with Crippen LogP contribution >= 0.6 is 0 Å². The number of carbonyl (C=O) groups excluding carboxylic acids is 1. The van der Waals surface area contributed by atoms with Crippen molar-refractivity contribution in [2.75, 3.05) is 33.3 Å². The molecule has 0 amide bonds. The number of hydrogen-bond acceptors (Lipinski definition) is 4. The second-order valence-electron chi connectivity index (χ2n) is 3.98. The molecule has 0 saturated heterocycles. The van der Waals surface area contributed by atoms with E-state index in [0.29, 0.717) is 6.42 Å². The summed E-state index contributed by atoms with van der Waals surface area (Å²) in [5.74, 6) is -0.587. The van der Waals surface area contributed by atoms with Crippen molar-refractivity contribution in [3.05, 3.63) is 5.21 Å². The van der Waals surface area contributed by atoms with Crippen LogP contribution < -0.4 is 0 Å². The van der Waals surface area contributed by atoms with Crippen molar-refractivity contribution < 1.29 is 14.0 Å². The number of carbonyl (C=O) groups is 1. The monoisotopic (exact) mass is 230 g/mol. The average Bonchev–Trinajstić information content (AvgIpc) is 2.30. The minimum atomic E-state index is -0.587. The zero-order valence-corrected chi connectivity index (χ0v) is 10.7. The lowest BCUT2D eigenvalue weighted by Crippen LogP contribution is -2.45. The van der Waals surface area contributed by atoms with Gasteiger partial charge in [0.15, 0.2) is 0 Å². The minimum absolute atomic E-state index is 0.00639. The van der Waals surface area contributed by atoms with Crippen molar-refractivity contribution >= 4 is 11.7 Å². The molecular formula is C11H22N2O3. The lowest BCUT2D eigenvalue weighted by Gasteiger charge is -2.32. The third-order valence-electron chi connectivity index (χ3n) is 3.04. The summed E-state index contributed by atoms with van der Waals surface area (Å²) >= 11 is 0. The van der Waals surface area contributed by atoms with Gasteiger partial charge in [0.25, 0.3) is 0 Å². The average molecular weight is 230 g/mol. The summed E-state index contributed by atoms with van der Waals surface area (Å²) in [6.45, 7) is 8.80. The molecule has 0 fully saturated rings. The van der Waals surface area contributed by atoms with Crippen LogP contribution in [-0.4, -0.2) is 49.5 Å². The van der Waals surface area contributed by atoms with Crippen LogP contribution in [0.2, 0.25) is 0 Å². The van der Waals surface area contributed by atoms with Gasteiger partial charge in [0.2, 0.25) is 0 Å². The fourth-order valence-electron chi connectivity index (χ4n) is 1.32. The Morgan fingerprint density at radius 3 is 2.25 bits per heavy atom. The van der Waals surface area contributed by atoms with E-state index in [0.717, 1.165) is 24.1 Å². The predicted molar refractivity (Wildman–Crippen MR) is 64.2 cm³/mol. The lowest BCUT2D eigenvalue weighted by molar-refractivity contribution is -0.905. The van der Waals surface area contributed by atoms with Crippen molar-refractivity contribution in [1.82, 2.24) is 0 Å². The number of nitrogens with zero attached hydrogens (tertiary/aromatic N) is 2. The van der Waals surface area contributed by atoms with Crippen molar-refractivity contribution in [3.8, 4) is 0 Å². The molecule has 0 bridgehead atoms. The highest BCUT2D eigenvalue weighted by Crippen LogP contribution is 2.04. The fourth-order valence-corrected chi connectivity index (χ4v) is 1.32. The lowest BCUT2D eigenvalue weighted by atomic mass is 10.2. The van der Waals surface area contributed by atoms with Crippen LogP contribution in [0.3, 0.4) is 0 Å². The molecule has 0 heterocycles. The highest BCUT2D eigenvalue weighted by molar-refractivity contribution is 6.36. The van der Waals surface area contributed by atoms with Crippen molar-refractivity contribution in [2.45, 2.75) is 27.2 Å². The molecule has 5 nitrogen and oxygen atoms in total. The molecule has 0 aliphatic rings. The maximum Gasteiger partial charge on any atom is 0.352 e. The zero-order valence-electron chi connectivity index (χ0n) is 10.7. The maximum absolute atomic E-state index is 11.3. The van der Waals surface area contributed by atoms with Crippen LogP contribution in [0.25, 0.3) is 0 Å². The number of hydrogen-bond donors (Lipinski definition) is 0. The van der Waals surface area contributed by atoms with Gasteiger partial charge in [-0.05, 0) is 20.8 Å². The number of ether oxygens (including phenoxy) is 1. The first-order valence-corrected chi connectivity index (χ1v) is 5.72. The van der Waals surface area contributed by atoms with Gasteiger partial charge < -0.3 is 19.6 Å². The summed E-state index contributed by atoms with van der Waals surface area (Å²) in [6, 6.07) is 0. The van der Waals surface area contributed by atoms with Gasteiger partial charge in [-0.15, -0.1) is 0 Å². The molecule has 5 heteroatoms. The summed E-state index contributed by atoms with van der Waals surface area (Å²) in [5.41, 5.74) is -0.00639. The molecule has 0 atom stereocenters. The van der Waals surface area contributed by atoms with E-state index in [9.17, 15) is 10.0 Å². The molecule has 0 rings (SSSR count). The van der Waals surface area contributed by atoms with E-state index in [1.165, 1.54) is 0 Å². The Morgan fingerprint density at radius 1 is 1.31 bits per heavy atom. The molecule has 0 spiro atoms. The Balaban J connectivity index is 4.31. The van der Waals surface area contributed by atoms with E-state index in [1.807, 2.05) is 0 Å². The summed E-state index contributed by atoms with van der Waals surface area (Å²) < 4.78 is 5.57. The number of esters is 1. The number of quaternary nitrogens is 1. The van der Waals surface area contributed by atoms with Crippen LogP contribution in [-0.2, 0) is 9.53 Å². The van der Waals surface area contributed by atoms with Gasteiger partial charge in [-0.25, -0.2) is 4.79 Å². The van der Waals surface area contributed by atoms with Gasteiger partial charge in [-0.3, -0.25) is 0 Å². The first kappa shape index (κ1) is 14.9. The van der Waals surface area contributed by atoms with Crippen LogP contribution in [0.4, 0.5) is 0 Å². The van der Waals surface area contributed by atoms with Crippen LogP contribution in [0, 0.1) is 5.21 Å². The first-order chi connectivity index (χ1) is 7.52. The molecule has 0 saturated carbocycles. The van der Waals surface area contributed by atoms with Gasteiger partial charge in [0.05, 0.1) is 33.3 Å². The Hall–Kier alpha value is -1.10. The third kappa shape index (κ3) is 4.61. The SMILES string of the molecule is CCOC(=O)/C(CC[N+](C)(CC)CC)=N\[O-]. The molecule has 0 unspecified atom stereocenters. The molecule has 94 valence electrons. The Bertz CT molecular complexity index is 248. The van der Waals surface area contributed by atoms with Crippen LogP contribution in [0.1, 0.15) is 27.2 Å². The van der Waals surface area contributed by atoms with Crippen LogP contribution in [0.15, 0.2) is 5.16 Å². The molecule has 0 aromatic heterocycles. The normalized spacial score (nSPS) is 12.6. The Labute approximate surface area is 97.3 Å². The van der Waals surface area contributed by atoms with Gasteiger partial charge in [-0.2, -0.15) is 0 Å². The predicted octanol–water partition coefficient (Wildman–Crippen LogP) is 1.36. The Kier molecular flexibility index (Phi) is 6.72. The summed E-state index contributed by atoms with van der Waals surface area (Å²) in [7, 11) is 2.09. The van der Waals surface area contributed by atoms with E-state index in [1.54, 1.807) is 6.92 Å². The van der Waals surface area contributed by atoms with Crippen LogP contribution in [0.5, 0.6) is 0 Å². The summed E-state index contributed by atoms with van der Waals surface area (Å²) in [4.78, 5) is 11.3. The number of rotatable bonds is 7. The minimum Gasteiger partial charge on any atom is -0.792 e. The standard InChI is InChI=1S/C11H22N2O3/c1-5-13(4,6-2)9-8-10(12-15)11(14)16-7-3/h5-9H2,1-4H3. The maximum atomic E-state index is 11.3. The molecule has 0 aromatic rings.